The van der Waals surface area contributed by atoms with Crippen molar-refractivity contribution in [3.8, 4) is 0 Å². The van der Waals surface area contributed by atoms with Gasteiger partial charge in [-0.25, -0.2) is 0 Å². The van der Waals surface area contributed by atoms with E-state index in [9.17, 15) is 0 Å². The van der Waals surface area contributed by atoms with E-state index >= 15 is 0 Å². The topological polar surface area (TPSA) is 29.5 Å². The summed E-state index contributed by atoms with van der Waals surface area (Å²) in [7, 11) is 0. The molecule has 1 aliphatic heterocycles. The van der Waals surface area contributed by atoms with Crippen LogP contribution in [0.15, 0.2) is 12.3 Å². The summed E-state index contributed by atoms with van der Waals surface area (Å²) in [5.74, 6) is 0. The van der Waals surface area contributed by atoms with Crippen molar-refractivity contribution in [3.05, 3.63) is 12.3 Å². The number of unbranched alkanes of at least 4 members (excludes halogenated alkanes) is 1. The van der Waals surface area contributed by atoms with Crippen molar-refractivity contribution < 1.29 is 9.84 Å². The molecule has 0 bridgehead atoms. The van der Waals surface area contributed by atoms with E-state index in [0.717, 1.165) is 25.9 Å². The fourth-order valence-corrected chi connectivity index (χ4v) is 0.498. The number of aliphatic hydroxyl groups excluding tert-OH is 1. The van der Waals surface area contributed by atoms with Gasteiger partial charge in [0.2, 0.25) is 0 Å². The maximum atomic E-state index is 8.07. The average Bonchev–Trinajstić information content (AvgIpc) is 2.44. The van der Waals surface area contributed by atoms with E-state index < -0.39 is 0 Å². The van der Waals surface area contributed by atoms with Crippen LogP contribution in [0, 0.1) is 0 Å². The summed E-state index contributed by atoms with van der Waals surface area (Å²) in [6.45, 7) is 3.28. The second kappa shape index (κ2) is 8.50. The van der Waals surface area contributed by atoms with Crippen LogP contribution in [0.4, 0.5) is 0 Å². The maximum Gasteiger partial charge on any atom is 0.0908 e. The Morgan fingerprint density at radius 3 is 2.50 bits per heavy atom. The lowest BCUT2D eigenvalue weighted by molar-refractivity contribution is 0.281. The van der Waals surface area contributed by atoms with Crippen LogP contribution in [0.3, 0.4) is 0 Å². The highest BCUT2D eigenvalue weighted by atomic mass is 16.5. The lowest BCUT2D eigenvalue weighted by Crippen LogP contribution is -1.75. The summed E-state index contributed by atoms with van der Waals surface area (Å²) >= 11 is 0. The highest BCUT2D eigenvalue weighted by Gasteiger charge is 1.83. The Balaban J connectivity index is 0.000000162. The minimum atomic E-state index is 0.344. The molecule has 0 aliphatic carbocycles. The van der Waals surface area contributed by atoms with Crippen LogP contribution in [0.25, 0.3) is 0 Å². The van der Waals surface area contributed by atoms with Gasteiger partial charge in [0.1, 0.15) is 0 Å². The largest absolute Gasteiger partial charge is 0.501 e. The van der Waals surface area contributed by atoms with Crippen molar-refractivity contribution in [2.45, 2.75) is 26.2 Å². The third-order valence-corrected chi connectivity index (χ3v) is 1.11. The SMILES string of the molecule is C1=COCC1.CCCCO. The van der Waals surface area contributed by atoms with Crippen LogP contribution in [0.5, 0.6) is 0 Å². The van der Waals surface area contributed by atoms with E-state index in [0.29, 0.717) is 6.61 Å². The number of rotatable bonds is 2. The molecule has 2 heteroatoms. The first-order valence-electron chi connectivity index (χ1n) is 3.79. The Labute approximate surface area is 62.5 Å². The van der Waals surface area contributed by atoms with Crippen molar-refractivity contribution in [1.29, 1.82) is 0 Å². The summed E-state index contributed by atoms with van der Waals surface area (Å²) < 4.78 is 4.76. The molecule has 0 aromatic rings. The molecule has 0 radical (unpaired) electrons. The number of aliphatic hydroxyl groups is 1. The normalized spacial score (nSPS) is 13.8. The molecule has 1 N–H and O–H groups in total. The third-order valence-electron chi connectivity index (χ3n) is 1.11. The standard InChI is InChI=1S/C4H6O.C4H10O/c1-2-4-5-3-1;1-2-3-4-5/h1,3H,2,4H2;5H,2-4H2,1H3. The van der Waals surface area contributed by atoms with Gasteiger partial charge in [0.05, 0.1) is 12.9 Å². The molecule has 1 rings (SSSR count). The Bertz CT molecular complexity index is 71.3. The fraction of sp³-hybridized carbons (Fsp3) is 0.750. The van der Waals surface area contributed by atoms with Crippen LogP contribution in [0.1, 0.15) is 26.2 Å². The van der Waals surface area contributed by atoms with Crippen LogP contribution < -0.4 is 0 Å². The van der Waals surface area contributed by atoms with Crippen molar-refractivity contribution in [2.24, 2.45) is 0 Å². The molecular formula is C8H16O2. The molecule has 10 heavy (non-hydrogen) atoms. The van der Waals surface area contributed by atoms with E-state index in [1.165, 1.54) is 0 Å². The summed E-state index contributed by atoms with van der Waals surface area (Å²) in [6.07, 6.45) is 6.89. The predicted octanol–water partition coefficient (Wildman–Crippen LogP) is 1.70. The summed E-state index contributed by atoms with van der Waals surface area (Å²) in [5.41, 5.74) is 0. The molecule has 0 atom stereocenters. The van der Waals surface area contributed by atoms with E-state index in [4.69, 9.17) is 9.84 Å². The van der Waals surface area contributed by atoms with Gasteiger partial charge in [-0.05, 0) is 12.5 Å². The molecule has 0 fully saturated rings. The summed E-state index contributed by atoms with van der Waals surface area (Å²) in [5, 5.41) is 8.07. The second-order valence-electron chi connectivity index (χ2n) is 2.11. The number of hydrogen-bond acceptors (Lipinski definition) is 2. The number of ether oxygens (including phenoxy) is 1. The maximum absolute atomic E-state index is 8.07. The third kappa shape index (κ3) is 7.50. The van der Waals surface area contributed by atoms with E-state index in [1.54, 1.807) is 6.26 Å². The molecule has 0 spiro atoms. The van der Waals surface area contributed by atoms with E-state index in [-0.39, 0.29) is 0 Å². The molecule has 0 amide bonds. The molecule has 1 heterocycles. The van der Waals surface area contributed by atoms with Crippen molar-refractivity contribution in [1.82, 2.24) is 0 Å². The van der Waals surface area contributed by atoms with Crippen molar-refractivity contribution in [3.63, 3.8) is 0 Å². The molecule has 0 saturated carbocycles. The van der Waals surface area contributed by atoms with Crippen LogP contribution >= 0.6 is 0 Å². The molecule has 0 aromatic heterocycles. The summed E-state index contributed by atoms with van der Waals surface area (Å²) in [4.78, 5) is 0. The molecule has 2 nitrogen and oxygen atoms in total. The van der Waals surface area contributed by atoms with Crippen LogP contribution in [-0.4, -0.2) is 18.3 Å². The molecular weight excluding hydrogens is 128 g/mol. The second-order valence-corrected chi connectivity index (χ2v) is 2.11. The zero-order chi connectivity index (χ0) is 7.66. The first-order chi connectivity index (χ1) is 4.91. The highest BCUT2D eigenvalue weighted by Crippen LogP contribution is 1.93. The van der Waals surface area contributed by atoms with Gasteiger partial charge in [-0.2, -0.15) is 0 Å². The quantitative estimate of drug-likeness (QED) is 0.639. The van der Waals surface area contributed by atoms with Gasteiger partial charge in [0, 0.05) is 13.0 Å². The molecule has 60 valence electrons. The van der Waals surface area contributed by atoms with Gasteiger partial charge >= 0.3 is 0 Å². The van der Waals surface area contributed by atoms with Gasteiger partial charge in [-0.3, -0.25) is 0 Å². The first kappa shape index (κ1) is 9.50. The van der Waals surface area contributed by atoms with Crippen molar-refractivity contribution >= 4 is 0 Å². The first-order valence-corrected chi connectivity index (χ1v) is 3.79. The minimum absolute atomic E-state index is 0.344. The Hall–Kier alpha value is -0.500. The molecule has 1 aliphatic rings. The highest BCUT2D eigenvalue weighted by molar-refractivity contribution is 4.78. The summed E-state index contributed by atoms with van der Waals surface area (Å²) in [6, 6.07) is 0. The molecule has 0 saturated heterocycles. The average molecular weight is 144 g/mol. The Morgan fingerprint density at radius 2 is 2.40 bits per heavy atom. The lowest BCUT2D eigenvalue weighted by atomic mass is 10.4. The van der Waals surface area contributed by atoms with Gasteiger partial charge in [-0.15, -0.1) is 0 Å². The Morgan fingerprint density at radius 1 is 1.60 bits per heavy atom. The van der Waals surface area contributed by atoms with Crippen LogP contribution in [0.2, 0.25) is 0 Å². The van der Waals surface area contributed by atoms with Crippen molar-refractivity contribution in [2.75, 3.05) is 13.2 Å². The van der Waals surface area contributed by atoms with E-state index in [2.05, 4.69) is 6.92 Å². The zero-order valence-corrected chi connectivity index (χ0v) is 6.55. The van der Waals surface area contributed by atoms with Crippen LogP contribution in [-0.2, 0) is 4.74 Å². The predicted molar refractivity (Wildman–Crippen MR) is 41.7 cm³/mol. The Kier molecular flexibility index (Phi) is 8.07. The smallest absolute Gasteiger partial charge is 0.0908 e. The zero-order valence-electron chi connectivity index (χ0n) is 6.55. The van der Waals surface area contributed by atoms with E-state index in [1.807, 2.05) is 6.08 Å². The van der Waals surface area contributed by atoms with Gasteiger partial charge < -0.3 is 9.84 Å². The lowest BCUT2D eigenvalue weighted by Gasteiger charge is -1.79. The van der Waals surface area contributed by atoms with Gasteiger partial charge in [0.25, 0.3) is 0 Å². The molecule has 0 unspecified atom stereocenters. The van der Waals surface area contributed by atoms with Gasteiger partial charge in [-0.1, -0.05) is 13.3 Å². The minimum Gasteiger partial charge on any atom is -0.501 e. The monoisotopic (exact) mass is 144 g/mol. The fourth-order valence-electron chi connectivity index (χ4n) is 0.498. The molecule has 0 aromatic carbocycles. The van der Waals surface area contributed by atoms with Gasteiger partial charge in [0.15, 0.2) is 0 Å². The number of hydrogen-bond donors (Lipinski definition) is 1.